The number of carbonyl (C=O) groups is 1. The molecule has 0 fully saturated rings. The highest BCUT2D eigenvalue weighted by atomic mass is 16.5. The lowest BCUT2D eigenvalue weighted by atomic mass is 10.2. The van der Waals surface area contributed by atoms with Gasteiger partial charge in [-0.25, -0.2) is 4.98 Å². The van der Waals surface area contributed by atoms with Gasteiger partial charge in [-0.3, -0.25) is 4.79 Å². The monoisotopic (exact) mass is 153 g/mol. The molecule has 1 aromatic rings. The van der Waals surface area contributed by atoms with Gasteiger partial charge in [-0.1, -0.05) is 0 Å². The Labute approximate surface area is 63.2 Å². The van der Waals surface area contributed by atoms with E-state index in [0.29, 0.717) is 19.5 Å². The molecule has 2 heterocycles. The molecule has 2 rings (SSSR count). The second-order valence-corrected chi connectivity index (χ2v) is 2.34. The Morgan fingerprint density at radius 1 is 1.55 bits per heavy atom. The van der Waals surface area contributed by atoms with Crippen LogP contribution < -0.4 is 0 Å². The van der Waals surface area contributed by atoms with E-state index in [1.807, 2.05) is 0 Å². The summed E-state index contributed by atoms with van der Waals surface area (Å²) < 4.78 is 10.2. The van der Waals surface area contributed by atoms with Crippen molar-refractivity contribution in [2.45, 2.75) is 13.0 Å². The van der Waals surface area contributed by atoms with Crippen molar-refractivity contribution in [3.63, 3.8) is 0 Å². The number of hydrogen-bond donors (Lipinski definition) is 0. The number of aldehydes is 1. The summed E-state index contributed by atoms with van der Waals surface area (Å²) in [7, 11) is 0. The molecule has 4 nitrogen and oxygen atoms in total. The molecule has 0 radical (unpaired) electrons. The van der Waals surface area contributed by atoms with Crippen molar-refractivity contribution in [1.82, 2.24) is 4.98 Å². The lowest BCUT2D eigenvalue weighted by Crippen LogP contribution is -2.07. The fourth-order valence-corrected chi connectivity index (χ4v) is 1.10. The maximum Gasteiger partial charge on any atom is 0.260 e. The minimum Gasteiger partial charge on any atom is -0.439 e. The van der Waals surface area contributed by atoms with Crippen LogP contribution in [0.15, 0.2) is 4.42 Å². The molecule has 0 atom stereocenters. The van der Waals surface area contributed by atoms with Gasteiger partial charge < -0.3 is 9.15 Å². The normalized spacial score (nSPS) is 16.0. The SMILES string of the molecule is O=Cc1nc2c(o1)CCOC2. The van der Waals surface area contributed by atoms with Gasteiger partial charge in [-0.2, -0.15) is 0 Å². The van der Waals surface area contributed by atoms with Crippen LogP contribution in [-0.2, 0) is 17.8 Å². The molecule has 0 unspecified atom stereocenters. The highest BCUT2D eigenvalue weighted by Crippen LogP contribution is 2.16. The number of carbonyl (C=O) groups excluding carboxylic acids is 1. The van der Waals surface area contributed by atoms with Crippen LogP contribution in [0.5, 0.6) is 0 Å². The lowest BCUT2D eigenvalue weighted by molar-refractivity contribution is 0.101. The van der Waals surface area contributed by atoms with E-state index in [2.05, 4.69) is 4.98 Å². The predicted octanol–water partition coefficient (Wildman–Crippen LogP) is 0.560. The fraction of sp³-hybridized carbons (Fsp3) is 0.429. The number of rotatable bonds is 1. The van der Waals surface area contributed by atoms with E-state index < -0.39 is 0 Å². The average molecular weight is 153 g/mol. The summed E-state index contributed by atoms with van der Waals surface area (Å²) in [5.41, 5.74) is 0.762. The Hall–Kier alpha value is -1.16. The predicted molar refractivity (Wildman–Crippen MR) is 35.3 cm³/mol. The van der Waals surface area contributed by atoms with E-state index in [4.69, 9.17) is 9.15 Å². The first kappa shape index (κ1) is 6.54. The van der Waals surface area contributed by atoms with E-state index in [-0.39, 0.29) is 5.89 Å². The van der Waals surface area contributed by atoms with Crippen LogP contribution in [0.2, 0.25) is 0 Å². The largest absolute Gasteiger partial charge is 0.439 e. The number of hydrogen-bond acceptors (Lipinski definition) is 4. The van der Waals surface area contributed by atoms with Crippen molar-refractivity contribution < 1.29 is 13.9 Å². The molecule has 0 spiro atoms. The van der Waals surface area contributed by atoms with Crippen molar-refractivity contribution >= 4 is 6.29 Å². The summed E-state index contributed by atoms with van der Waals surface area (Å²) in [6, 6.07) is 0. The highest BCUT2D eigenvalue weighted by molar-refractivity contribution is 5.67. The van der Waals surface area contributed by atoms with Gasteiger partial charge in [0.15, 0.2) is 0 Å². The van der Waals surface area contributed by atoms with Gasteiger partial charge in [0.1, 0.15) is 11.5 Å². The zero-order chi connectivity index (χ0) is 7.68. The van der Waals surface area contributed by atoms with E-state index in [1.165, 1.54) is 0 Å². The first-order valence-corrected chi connectivity index (χ1v) is 3.41. The van der Waals surface area contributed by atoms with Gasteiger partial charge in [-0.05, 0) is 0 Å². The minimum absolute atomic E-state index is 0.153. The Balaban J connectivity index is 2.39. The summed E-state index contributed by atoms with van der Waals surface area (Å²) in [5, 5.41) is 0. The smallest absolute Gasteiger partial charge is 0.260 e. The van der Waals surface area contributed by atoms with Gasteiger partial charge in [0.05, 0.1) is 13.2 Å². The van der Waals surface area contributed by atoms with Gasteiger partial charge >= 0.3 is 0 Å². The topological polar surface area (TPSA) is 52.3 Å². The summed E-state index contributed by atoms with van der Waals surface area (Å²) in [6.07, 6.45) is 1.33. The molecule has 4 heteroatoms. The maximum atomic E-state index is 10.2. The number of ether oxygens (including phenoxy) is 1. The van der Waals surface area contributed by atoms with Crippen molar-refractivity contribution in [2.75, 3.05) is 6.61 Å². The van der Waals surface area contributed by atoms with Gasteiger partial charge in [0.25, 0.3) is 5.89 Å². The second-order valence-electron chi connectivity index (χ2n) is 2.34. The third kappa shape index (κ3) is 1.05. The van der Waals surface area contributed by atoms with Crippen LogP contribution in [0.3, 0.4) is 0 Å². The minimum atomic E-state index is 0.153. The Morgan fingerprint density at radius 2 is 2.45 bits per heavy atom. The van der Waals surface area contributed by atoms with E-state index in [0.717, 1.165) is 17.9 Å². The average Bonchev–Trinajstić information content (AvgIpc) is 2.46. The van der Waals surface area contributed by atoms with Crippen molar-refractivity contribution in [1.29, 1.82) is 0 Å². The zero-order valence-corrected chi connectivity index (χ0v) is 5.87. The van der Waals surface area contributed by atoms with Crippen molar-refractivity contribution in [2.24, 2.45) is 0 Å². The molecule has 1 aromatic heterocycles. The number of oxazole rings is 1. The van der Waals surface area contributed by atoms with Crippen molar-refractivity contribution in [3.05, 3.63) is 17.3 Å². The molecular weight excluding hydrogens is 146 g/mol. The van der Waals surface area contributed by atoms with E-state index in [9.17, 15) is 4.79 Å². The Kier molecular flexibility index (Phi) is 1.47. The first-order valence-electron chi connectivity index (χ1n) is 3.41. The van der Waals surface area contributed by atoms with Gasteiger partial charge in [-0.15, -0.1) is 0 Å². The van der Waals surface area contributed by atoms with E-state index in [1.54, 1.807) is 0 Å². The van der Waals surface area contributed by atoms with Crippen molar-refractivity contribution in [3.8, 4) is 0 Å². The van der Waals surface area contributed by atoms with Crippen LogP contribution in [0, 0.1) is 0 Å². The third-order valence-corrected chi connectivity index (χ3v) is 1.61. The fourth-order valence-electron chi connectivity index (χ4n) is 1.10. The first-order chi connectivity index (χ1) is 5.40. The van der Waals surface area contributed by atoms with Crippen LogP contribution in [-0.4, -0.2) is 17.9 Å². The number of fused-ring (bicyclic) bond motifs is 1. The molecule has 0 aromatic carbocycles. The van der Waals surface area contributed by atoms with Crippen LogP contribution in [0.25, 0.3) is 0 Å². The molecular formula is C7H7NO3. The molecule has 58 valence electrons. The maximum absolute atomic E-state index is 10.2. The van der Waals surface area contributed by atoms with Crippen LogP contribution >= 0.6 is 0 Å². The number of aromatic nitrogens is 1. The molecule has 1 aliphatic rings. The molecule has 0 saturated carbocycles. The summed E-state index contributed by atoms with van der Waals surface area (Å²) in [5.74, 6) is 0.943. The molecule has 11 heavy (non-hydrogen) atoms. The zero-order valence-electron chi connectivity index (χ0n) is 5.87. The molecule has 0 aliphatic carbocycles. The highest BCUT2D eigenvalue weighted by Gasteiger charge is 2.16. The Bertz CT molecular complexity index is 256. The summed E-state index contributed by atoms with van der Waals surface area (Å²) in [4.78, 5) is 14.1. The molecule has 1 aliphatic heterocycles. The third-order valence-electron chi connectivity index (χ3n) is 1.61. The molecule has 0 saturated heterocycles. The van der Waals surface area contributed by atoms with Crippen LogP contribution in [0.4, 0.5) is 0 Å². The van der Waals surface area contributed by atoms with E-state index >= 15 is 0 Å². The molecule has 0 bridgehead atoms. The van der Waals surface area contributed by atoms with Gasteiger partial charge in [0, 0.05) is 6.42 Å². The van der Waals surface area contributed by atoms with Gasteiger partial charge in [0.2, 0.25) is 6.29 Å². The second kappa shape index (κ2) is 2.47. The lowest BCUT2D eigenvalue weighted by Gasteiger charge is -2.07. The standard InChI is InChI=1S/C7H7NO3/c9-3-7-8-5-4-10-2-1-6(5)11-7/h3H,1-2,4H2. The number of nitrogens with zero attached hydrogens (tertiary/aromatic N) is 1. The Morgan fingerprint density at radius 3 is 3.18 bits per heavy atom. The quantitative estimate of drug-likeness (QED) is 0.553. The molecule has 0 amide bonds. The summed E-state index contributed by atoms with van der Waals surface area (Å²) >= 11 is 0. The van der Waals surface area contributed by atoms with Crippen LogP contribution in [0.1, 0.15) is 22.1 Å². The summed E-state index contributed by atoms with van der Waals surface area (Å²) in [6.45, 7) is 1.12. The molecule has 0 N–H and O–H groups in total.